The average Bonchev–Trinajstić information content (AvgIpc) is 3.67. The zero-order valence-corrected chi connectivity index (χ0v) is 24.4. The van der Waals surface area contributed by atoms with Crippen molar-refractivity contribution in [1.29, 1.82) is 0 Å². The van der Waals surface area contributed by atoms with Crippen molar-refractivity contribution in [3.05, 3.63) is 101 Å². The Balaban J connectivity index is 1.43. The van der Waals surface area contributed by atoms with Crippen LogP contribution in [0.15, 0.2) is 88.9 Å². The van der Waals surface area contributed by atoms with Crippen LogP contribution in [-0.2, 0) is 11.2 Å². The fourth-order valence-corrected chi connectivity index (χ4v) is 6.17. The molecule has 1 aromatic heterocycles. The molecule has 0 saturated heterocycles. The van der Waals surface area contributed by atoms with Crippen LogP contribution in [-0.4, -0.2) is 79.1 Å². The standard InChI is InChI=1S/C34H34N2O8/c1-41-25-11-5-3-8-20(25)14-16-36(34(40)28-18-21-9-7-13-27(42-2)31(21)44-28)24-19-23(33(39)35-15-17-37)29-22-10-4-6-12-26(22)43-32(29)30(24)38/h3-13,18-19,24,29-30,32,37-38H,14-17H2,1-2H3,(H,35,39)/t24-,29+,30+,32+/m1/s1. The summed E-state index contributed by atoms with van der Waals surface area (Å²) in [4.78, 5) is 29.4. The number of ether oxygens (including phenoxy) is 3. The SMILES string of the molecule is COc1ccccc1CCN(C(=O)c1cc2cccc(OC)c2o1)[C@@H]1C=C(C(=O)NCCO)[C@@H]2c3ccccc3O[C@@H]2[C@H]1O. The molecule has 1 aliphatic heterocycles. The molecule has 6 rings (SSSR count). The Morgan fingerprint density at radius 1 is 0.977 bits per heavy atom. The number of nitrogens with zero attached hydrogens (tertiary/aromatic N) is 1. The van der Waals surface area contributed by atoms with Gasteiger partial charge in [-0.15, -0.1) is 0 Å². The number of benzene rings is 3. The number of hydrogen-bond donors (Lipinski definition) is 3. The second-order valence-electron chi connectivity index (χ2n) is 10.7. The minimum absolute atomic E-state index is 0.0561. The third-order valence-corrected chi connectivity index (χ3v) is 8.25. The molecule has 2 aliphatic rings. The Morgan fingerprint density at radius 3 is 2.52 bits per heavy atom. The van der Waals surface area contributed by atoms with Crippen molar-refractivity contribution in [1.82, 2.24) is 10.2 Å². The van der Waals surface area contributed by atoms with Gasteiger partial charge in [-0.05, 0) is 42.3 Å². The van der Waals surface area contributed by atoms with Crippen LogP contribution in [0, 0.1) is 0 Å². The summed E-state index contributed by atoms with van der Waals surface area (Å²) in [5, 5.41) is 24.7. The third-order valence-electron chi connectivity index (χ3n) is 8.25. The van der Waals surface area contributed by atoms with Crippen LogP contribution in [0.3, 0.4) is 0 Å². The first-order valence-electron chi connectivity index (χ1n) is 14.5. The van der Waals surface area contributed by atoms with Gasteiger partial charge in [0.05, 0.1) is 32.8 Å². The lowest BCUT2D eigenvalue weighted by Gasteiger charge is -2.40. The maximum absolute atomic E-state index is 14.3. The molecule has 44 heavy (non-hydrogen) atoms. The van der Waals surface area contributed by atoms with E-state index in [2.05, 4.69) is 5.32 Å². The molecule has 0 fully saturated rings. The molecular weight excluding hydrogens is 564 g/mol. The highest BCUT2D eigenvalue weighted by atomic mass is 16.5. The van der Waals surface area contributed by atoms with Gasteiger partial charge in [0, 0.05) is 29.6 Å². The van der Waals surface area contributed by atoms with Crippen LogP contribution >= 0.6 is 0 Å². The number of carbonyl (C=O) groups excluding carboxylic acids is 2. The molecule has 2 amide bonds. The van der Waals surface area contributed by atoms with Crippen LogP contribution in [0.2, 0.25) is 0 Å². The van der Waals surface area contributed by atoms with Crippen molar-refractivity contribution in [2.24, 2.45) is 0 Å². The van der Waals surface area contributed by atoms with Gasteiger partial charge in [0.25, 0.3) is 5.91 Å². The summed E-state index contributed by atoms with van der Waals surface area (Å²) >= 11 is 0. The molecular formula is C34H34N2O8. The summed E-state index contributed by atoms with van der Waals surface area (Å²) in [6, 6.07) is 21.0. The molecule has 10 nitrogen and oxygen atoms in total. The number of aliphatic hydroxyl groups is 2. The molecule has 2 heterocycles. The Kier molecular flexibility index (Phi) is 8.28. The number of aliphatic hydroxyl groups excluding tert-OH is 2. The summed E-state index contributed by atoms with van der Waals surface area (Å²) in [7, 11) is 3.12. The summed E-state index contributed by atoms with van der Waals surface area (Å²) < 4.78 is 23.3. The molecule has 10 heteroatoms. The van der Waals surface area contributed by atoms with Gasteiger partial charge in [-0.2, -0.15) is 0 Å². The number of rotatable bonds is 10. The van der Waals surface area contributed by atoms with Crippen molar-refractivity contribution in [2.75, 3.05) is 33.9 Å². The molecule has 0 unspecified atom stereocenters. The first kappa shape index (κ1) is 29.3. The van der Waals surface area contributed by atoms with E-state index in [4.69, 9.17) is 18.6 Å². The fraction of sp³-hybridized carbons (Fsp3) is 0.294. The van der Waals surface area contributed by atoms with Crippen LogP contribution in [0.25, 0.3) is 11.0 Å². The predicted octanol–water partition coefficient (Wildman–Crippen LogP) is 3.46. The van der Waals surface area contributed by atoms with Crippen molar-refractivity contribution in [2.45, 2.75) is 30.6 Å². The van der Waals surface area contributed by atoms with E-state index in [1.165, 1.54) is 12.0 Å². The second kappa shape index (κ2) is 12.4. The Hall–Kier alpha value is -4.80. The number of furan rings is 1. The number of hydrogen-bond acceptors (Lipinski definition) is 8. The van der Waals surface area contributed by atoms with Crippen LogP contribution < -0.4 is 19.5 Å². The van der Waals surface area contributed by atoms with E-state index in [-0.39, 0.29) is 25.5 Å². The Bertz CT molecular complexity index is 1710. The highest BCUT2D eigenvalue weighted by Gasteiger charge is 2.50. The normalized spacial score (nSPS) is 20.2. The molecule has 0 saturated carbocycles. The van der Waals surface area contributed by atoms with Crippen molar-refractivity contribution >= 4 is 22.8 Å². The number of carbonyl (C=O) groups is 2. The first-order chi connectivity index (χ1) is 21.4. The van der Waals surface area contributed by atoms with E-state index in [1.807, 2.05) is 54.6 Å². The molecule has 228 valence electrons. The number of nitrogens with one attached hydrogen (secondary N) is 1. The first-order valence-corrected chi connectivity index (χ1v) is 14.5. The Labute approximate surface area is 254 Å². The van der Waals surface area contributed by atoms with Gasteiger partial charge in [0.2, 0.25) is 5.91 Å². The highest BCUT2D eigenvalue weighted by Crippen LogP contribution is 2.47. The van der Waals surface area contributed by atoms with Crippen LogP contribution in [0.5, 0.6) is 17.2 Å². The second-order valence-corrected chi connectivity index (χ2v) is 10.7. The minimum Gasteiger partial charge on any atom is -0.496 e. The van der Waals surface area contributed by atoms with Crippen LogP contribution in [0.1, 0.15) is 27.6 Å². The third kappa shape index (κ3) is 5.27. The van der Waals surface area contributed by atoms with Gasteiger partial charge in [0.15, 0.2) is 17.1 Å². The molecule has 4 atom stereocenters. The van der Waals surface area contributed by atoms with E-state index in [1.54, 1.807) is 31.4 Å². The quantitative estimate of drug-likeness (QED) is 0.253. The Morgan fingerprint density at radius 2 is 1.73 bits per heavy atom. The lowest BCUT2D eigenvalue weighted by Crippen LogP contribution is -2.56. The zero-order valence-electron chi connectivity index (χ0n) is 24.4. The monoisotopic (exact) mass is 598 g/mol. The molecule has 0 radical (unpaired) electrons. The van der Waals surface area contributed by atoms with Crippen LogP contribution in [0.4, 0.5) is 0 Å². The minimum atomic E-state index is -1.18. The number of fused-ring (bicyclic) bond motifs is 4. The molecule has 3 N–H and O–H groups in total. The largest absolute Gasteiger partial charge is 0.496 e. The summed E-state index contributed by atoms with van der Waals surface area (Å²) in [6.07, 6.45) is 0.0437. The molecule has 1 aliphatic carbocycles. The number of amides is 2. The van der Waals surface area contributed by atoms with E-state index < -0.39 is 36.0 Å². The summed E-state index contributed by atoms with van der Waals surface area (Å²) in [6.45, 7) is -0.00662. The lowest BCUT2D eigenvalue weighted by atomic mass is 9.77. The maximum atomic E-state index is 14.3. The van der Waals surface area contributed by atoms with Gasteiger partial charge in [-0.1, -0.05) is 48.5 Å². The summed E-state index contributed by atoms with van der Waals surface area (Å²) in [5.41, 5.74) is 2.43. The smallest absolute Gasteiger partial charge is 0.290 e. The fourth-order valence-electron chi connectivity index (χ4n) is 6.17. The number of methoxy groups -OCH3 is 2. The molecule has 0 spiro atoms. The summed E-state index contributed by atoms with van der Waals surface area (Å²) in [5.74, 6) is 0.361. The lowest BCUT2D eigenvalue weighted by molar-refractivity contribution is -0.118. The van der Waals surface area contributed by atoms with Gasteiger partial charge in [0.1, 0.15) is 23.7 Å². The molecule has 4 aromatic rings. The van der Waals surface area contributed by atoms with E-state index >= 15 is 0 Å². The van der Waals surface area contributed by atoms with Crippen molar-refractivity contribution in [3.63, 3.8) is 0 Å². The maximum Gasteiger partial charge on any atom is 0.290 e. The topological polar surface area (TPSA) is 131 Å². The molecule has 0 bridgehead atoms. The van der Waals surface area contributed by atoms with Gasteiger partial charge in [-0.25, -0.2) is 0 Å². The zero-order chi connectivity index (χ0) is 30.8. The van der Waals surface area contributed by atoms with Gasteiger partial charge in [-0.3, -0.25) is 9.59 Å². The predicted molar refractivity (Wildman–Crippen MR) is 162 cm³/mol. The van der Waals surface area contributed by atoms with E-state index in [0.717, 1.165) is 11.1 Å². The average molecular weight is 599 g/mol. The van der Waals surface area contributed by atoms with Gasteiger partial charge < -0.3 is 39.1 Å². The number of para-hydroxylation sites is 3. The van der Waals surface area contributed by atoms with E-state index in [9.17, 15) is 19.8 Å². The van der Waals surface area contributed by atoms with Crippen molar-refractivity contribution < 1.29 is 38.4 Å². The van der Waals surface area contributed by atoms with Gasteiger partial charge >= 0.3 is 0 Å². The van der Waals surface area contributed by atoms with Crippen molar-refractivity contribution in [3.8, 4) is 17.2 Å². The molecule has 3 aromatic carbocycles. The highest BCUT2D eigenvalue weighted by molar-refractivity contribution is 5.99. The van der Waals surface area contributed by atoms with E-state index in [0.29, 0.717) is 40.2 Å².